The number of aryl methyl sites for hydroxylation is 1. The highest BCUT2D eigenvalue weighted by Crippen LogP contribution is 2.44. The number of furan rings is 1. The van der Waals surface area contributed by atoms with Crippen molar-refractivity contribution in [3.05, 3.63) is 206 Å². The minimum absolute atomic E-state index is 0.539. The Morgan fingerprint density at radius 3 is 1.57 bits per heavy atom. The van der Waals surface area contributed by atoms with Crippen LogP contribution in [0.4, 0.5) is 0 Å². The number of para-hydroxylation sites is 3. The standard InChI is InChI=1S/C56H36N4O/c1-35-22-23-40-32-33-46-44-17-10-18-45(48-20-11-19-47-43-16-8-9-21-50(43)61-53(47)48)51(44)60(52(46)49(40)34-35)56-58-54(41-28-24-38(25-29-41)36-12-4-2-5-13-36)57-55(59-56)42-30-26-39(27-31-42)37-14-6-3-7-15-37/h2-34H,1H3. The molecule has 0 N–H and O–H groups in total. The molecule has 9 aromatic carbocycles. The molecule has 0 aliphatic carbocycles. The van der Waals surface area contributed by atoms with Gasteiger partial charge >= 0.3 is 0 Å². The van der Waals surface area contributed by atoms with E-state index in [4.69, 9.17) is 19.4 Å². The Bertz CT molecular complexity index is 3520. The van der Waals surface area contributed by atoms with Gasteiger partial charge in [0.1, 0.15) is 11.2 Å². The van der Waals surface area contributed by atoms with Gasteiger partial charge in [0.2, 0.25) is 5.95 Å². The van der Waals surface area contributed by atoms with Crippen molar-refractivity contribution in [1.29, 1.82) is 0 Å². The normalized spacial score (nSPS) is 11.7. The van der Waals surface area contributed by atoms with E-state index in [1.54, 1.807) is 0 Å². The summed E-state index contributed by atoms with van der Waals surface area (Å²) in [5.74, 6) is 1.72. The van der Waals surface area contributed by atoms with Crippen molar-refractivity contribution in [2.24, 2.45) is 0 Å². The van der Waals surface area contributed by atoms with Crippen LogP contribution in [0.1, 0.15) is 5.56 Å². The van der Waals surface area contributed by atoms with Gasteiger partial charge < -0.3 is 4.42 Å². The molecule has 12 rings (SSSR count). The second-order valence-electron chi connectivity index (χ2n) is 15.7. The van der Waals surface area contributed by atoms with E-state index < -0.39 is 0 Å². The van der Waals surface area contributed by atoms with Crippen molar-refractivity contribution in [2.45, 2.75) is 6.92 Å². The fourth-order valence-electron chi connectivity index (χ4n) is 8.97. The van der Waals surface area contributed by atoms with E-state index in [0.717, 1.165) is 99.0 Å². The molecule has 0 atom stereocenters. The zero-order chi connectivity index (χ0) is 40.4. The number of nitrogens with zero attached hydrogens (tertiary/aromatic N) is 4. The number of aromatic nitrogens is 4. The van der Waals surface area contributed by atoms with Crippen molar-refractivity contribution < 1.29 is 4.42 Å². The van der Waals surface area contributed by atoms with Gasteiger partial charge in [0.15, 0.2) is 11.6 Å². The maximum atomic E-state index is 6.68. The van der Waals surface area contributed by atoms with E-state index in [0.29, 0.717) is 17.6 Å². The summed E-state index contributed by atoms with van der Waals surface area (Å²) in [7, 11) is 0. The summed E-state index contributed by atoms with van der Waals surface area (Å²) in [6, 6.07) is 70.3. The van der Waals surface area contributed by atoms with Gasteiger partial charge in [0.05, 0.1) is 11.0 Å². The van der Waals surface area contributed by atoms with Gasteiger partial charge in [-0.1, -0.05) is 194 Å². The highest BCUT2D eigenvalue weighted by molar-refractivity contribution is 6.22. The summed E-state index contributed by atoms with van der Waals surface area (Å²) in [6.07, 6.45) is 0. The molecule has 0 aliphatic rings. The first-order valence-corrected chi connectivity index (χ1v) is 20.6. The minimum Gasteiger partial charge on any atom is -0.455 e. The first-order valence-electron chi connectivity index (χ1n) is 20.6. The number of benzene rings is 9. The lowest BCUT2D eigenvalue weighted by Gasteiger charge is -2.14. The van der Waals surface area contributed by atoms with E-state index in [9.17, 15) is 0 Å². The molecule has 0 amide bonds. The number of hydrogen-bond donors (Lipinski definition) is 0. The van der Waals surface area contributed by atoms with Crippen molar-refractivity contribution in [1.82, 2.24) is 19.5 Å². The van der Waals surface area contributed by atoms with Gasteiger partial charge in [-0.15, -0.1) is 0 Å². The molecule has 12 aromatic rings. The zero-order valence-corrected chi connectivity index (χ0v) is 33.2. The van der Waals surface area contributed by atoms with Crippen LogP contribution < -0.4 is 0 Å². The maximum absolute atomic E-state index is 6.68. The Morgan fingerprint density at radius 1 is 0.377 bits per heavy atom. The summed E-state index contributed by atoms with van der Waals surface area (Å²) in [4.78, 5) is 16.1. The summed E-state index contributed by atoms with van der Waals surface area (Å²) in [6.45, 7) is 2.15. The molecule has 286 valence electrons. The van der Waals surface area contributed by atoms with Crippen molar-refractivity contribution in [2.75, 3.05) is 0 Å². The molecule has 5 nitrogen and oxygen atoms in total. The van der Waals surface area contributed by atoms with Crippen LogP contribution in [0.5, 0.6) is 0 Å². The molecule has 0 unspecified atom stereocenters. The summed E-state index contributed by atoms with van der Waals surface area (Å²) in [5, 5.41) is 6.67. The van der Waals surface area contributed by atoms with Crippen LogP contribution in [0.3, 0.4) is 0 Å². The van der Waals surface area contributed by atoms with Gasteiger partial charge in [-0.05, 0) is 46.7 Å². The molecular formula is C56H36N4O. The molecule has 0 aliphatic heterocycles. The third-order valence-corrected chi connectivity index (χ3v) is 11.9. The Kier molecular flexibility index (Phi) is 8.00. The lowest BCUT2D eigenvalue weighted by Crippen LogP contribution is -2.07. The third kappa shape index (κ3) is 5.82. The summed E-state index contributed by atoms with van der Waals surface area (Å²) < 4.78 is 8.95. The van der Waals surface area contributed by atoms with Crippen LogP contribution >= 0.6 is 0 Å². The van der Waals surface area contributed by atoms with E-state index in [2.05, 4.69) is 187 Å². The first-order chi connectivity index (χ1) is 30.1. The molecule has 0 bridgehead atoms. The van der Waals surface area contributed by atoms with Crippen molar-refractivity contribution in [3.63, 3.8) is 0 Å². The molecule has 0 fully saturated rings. The maximum Gasteiger partial charge on any atom is 0.238 e. The molecule has 0 saturated carbocycles. The predicted molar refractivity (Wildman–Crippen MR) is 251 cm³/mol. The average molecular weight is 781 g/mol. The van der Waals surface area contributed by atoms with Crippen molar-refractivity contribution >= 4 is 54.5 Å². The van der Waals surface area contributed by atoms with Gasteiger partial charge in [-0.2, -0.15) is 9.97 Å². The molecule has 3 heterocycles. The lowest BCUT2D eigenvalue weighted by atomic mass is 9.99. The fourth-order valence-corrected chi connectivity index (χ4v) is 8.97. The van der Waals surface area contributed by atoms with Crippen LogP contribution in [-0.2, 0) is 0 Å². The Balaban J connectivity index is 1.16. The minimum atomic E-state index is 0.539. The Morgan fingerprint density at radius 2 is 0.902 bits per heavy atom. The highest BCUT2D eigenvalue weighted by Gasteiger charge is 2.24. The quantitative estimate of drug-likeness (QED) is 0.169. The van der Waals surface area contributed by atoms with Crippen LogP contribution in [-0.4, -0.2) is 19.5 Å². The molecule has 0 spiro atoms. The van der Waals surface area contributed by atoms with Gasteiger partial charge in [-0.25, -0.2) is 4.98 Å². The fraction of sp³-hybridized carbons (Fsp3) is 0.0179. The van der Waals surface area contributed by atoms with Crippen molar-refractivity contribution in [3.8, 4) is 62.1 Å². The van der Waals surface area contributed by atoms with Crippen LogP contribution in [0.15, 0.2) is 205 Å². The van der Waals surface area contributed by atoms with E-state index in [-0.39, 0.29) is 0 Å². The highest BCUT2D eigenvalue weighted by atomic mass is 16.3. The van der Waals surface area contributed by atoms with E-state index >= 15 is 0 Å². The van der Waals surface area contributed by atoms with Gasteiger partial charge in [0.25, 0.3) is 0 Å². The average Bonchev–Trinajstić information content (AvgIpc) is 3.89. The molecule has 3 aromatic heterocycles. The number of hydrogen-bond acceptors (Lipinski definition) is 4. The van der Waals surface area contributed by atoms with Crippen LogP contribution in [0.25, 0.3) is 117 Å². The monoisotopic (exact) mass is 780 g/mol. The molecular weight excluding hydrogens is 745 g/mol. The number of rotatable bonds is 6. The Hall–Kier alpha value is -8.15. The van der Waals surface area contributed by atoms with E-state index in [1.165, 1.54) is 5.56 Å². The molecule has 0 radical (unpaired) electrons. The third-order valence-electron chi connectivity index (χ3n) is 11.9. The summed E-state index contributed by atoms with van der Waals surface area (Å²) >= 11 is 0. The van der Waals surface area contributed by atoms with Gasteiger partial charge in [-0.3, -0.25) is 4.57 Å². The SMILES string of the molecule is Cc1ccc2ccc3c4cccc(-c5cccc6c5oc5ccccc56)c4n(-c4nc(-c5ccc(-c6ccccc6)cc5)nc(-c5ccc(-c6ccccc6)cc5)n4)c3c2c1. The van der Waals surface area contributed by atoms with Crippen LogP contribution in [0, 0.1) is 6.92 Å². The molecule has 5 heteroatoms. The Labute approximate surface area is 351 Å². The summed E-state index contributed by atoms with van der Waals surface area (Å²) in [5.41, 5.74) is 13.3. The second kappa shape index (κ2) is 14.0. The predicted octanol–water partition coefficient (Wildman–Crippen LogP) is 14.7. The smallest absolute Gasteiger partial charge is 0.238 e. The van der Waals surface area contributed by atoms with Crippen LogP contribution in [0.2, 0.25) is 0 Å². The van der Waals surface area contributed by atoms with Gasteiger partial charge in [0, 0.05) is 49.2 Å². The molecule has 61 heavy (non-hydrogen) atoms. The zero-order valence-electron chi connectivity index (χ0n) is 33.2. The number of fused-ring (bicyclic) bond motifs is 8. The molecule has 0 saturated heterocycles. The van der Waals surface area contributed by atoms with E-state index in [1.807, 2.05) is 24.3 Å². The second-order valence-corrected chi connectivity index (χ2v) is 15.7. The first kappa shape index (κ1) is 34.9. The topological polar surface area (TPSA) is 56.7 Å². The largest absolute Gasteiger partial charge is 0.455 e. The lowest BCUT2D eigenvalue weighted by molar-refractivity contribution is 0.670.